The third-order valence-corrected chi connectivity index (χ3v) is 4.01. The number of carbonyl (C=O) groups is 2. The van der Waals surface area contributed by atoms with E-state index in [0.717, 1.165) is 18.8 Å². The Morgan fingerprint density at radius 3 is 2.76 bits per heavy atom. The highest BCUT2D eigenvalue weighted by molar-refractivity contribution is 5.89. The van der Waals surface area contributed by atoms with Crippen LogP contribution in [0.15, 0.2) is 0 Å². The van der Waals surface area contributed by atoms with Gasteiger partial charge in [-0.3, -0.25) is 9.59 Å². The molecule has 2 amide bonds. The van der Waals surface area contributed by atoms with E-state index in [1.807, 2.05) is 6.92 Å². The topological polar surface area (TPSA) is 49.4 Å². The molecule has 1 heterocycles. The van der Waals surface area contributed by atoms with Crippen LogP contribution >= 0.6 is 0 Å². The molecule has 1 N–H and O–H groups in total. The first-order chi connectivity index (χ1) is 8.10. The average molecular weight is 238 g/mol. The number of carbonyl (C=O) groups excluding carboxylic acids is 2. The average Bonchev–Trinajstić information content (AvgIpc) is 2.85. The molecule has 2 rings (SSSR count). The molecule has 3 unspecified atom stereocenters. The van der Waals surface area contributed by atoms with Gasteiger partial charge in [-0.25, -0.2) is 0 Å². The van der Waals surface area contributed by atoms with Crippen molar-refractivity contribution in [3.05, 3.63) is 0 Å². The zero-order valence-electron chi connectivity index (χ0n) is 10.7. The summed E-state index contributed by atoms with van der Waals surface area (Å²) >= 11 is 0. The van der Waals surface area contributed by atoms with Crippen molar-refractivity contribution >= 4 is 11.8 Å². The molecule has 0 aromatic carbocycles. The van der Waals surface area contributed by atoms with Crippen LogP contribution < -0.4 is 5.32 Å². The highest BCUT2D eigenvalue weighted by Gasteiger charge is 2.34. The molecule has 1 saturated heterocycles. The van der Waals surface area contributed by atoms with Crippen LogP contribution in [0.2, 0.25) is 0 Å². The summed E-state index contributed by atoms with van der Waals surface area (Å²) in [6, 6.07) is 0.336. The van der Waals surface area contributed by atoms with Gasteiger partial charge in [0, 0.05) is 25.6 Å². The molecule has 1 aliphatic carbocycles. The number of nitrogens with zero attached hydrogens (tertiary/aromatic N) is 1. The van der Waals surface area contributed by atoms with Gasteiger partial charge in [0.2, 0.25) is 11.8 Å². The van der Waals surface area contributed by atoms with Crippen LogP contribution in [0, 0.1) is 11.8 Å². The summed E-state index contributed by atoms with van der Waals surface area (Å²) in [5.41, 5.74) is 0. The number of rotatable bonds is 3. The Hall–Kier alpha value is -1.06. The summed E-state index contributed by atoms with van der Waals surface area (Å²) in [7, 11) is 0. The Morgan fingerprint density at radius 1 is 1.47 bits per heavy atom. The maximum absolute atomic E-state index is 12.0. The number of hydrogen-bond donors (Lipinski definition) is 1. The Balaban J connectivity index is 1.83. The van der Waals surface area contributed by atoms with Crippen molar-refractivity contribution in [2.75, 3.05) is 13.1 Å². The summed E-state index contributed by atoms with van der Waals surface area (Å²) in [4.78, 5) is 25.3. The van der Waals surface area contributed by atoms with Crippen LogP contribution in [0.3, 0.4) is 0 Å². The molecule has 17 heavy (non-hydrogen) atoms. The van der Waals surface area contributed by atoms with Crippen LogP contribution in [0.25, 0.3) is 0 Å². The van der Waals surface area contributed by atoms with Gasteiger partial charge in [-0.2, -0.15) is 0 Å². The van der Waals surface area contributed by atoms with Crippen LogP contribution in [-0.4, -0.2) is 35.8 Å². The fourth-order valence-electron chi connectivity index (χ4n) is 2.91. The highest BCUT2D eigenvalue weighted by atomic mass is 16.2. The molecule has 96 valence electrons. The molecular weight excluding hydrogens is 216 g/mol. The van der Waals surface area contributed by atoms with E-state index in [9.17, 15) is 9.59 Å². The Kier molecular flexibility index (Phi) is 3.69. The molecule has 3 atom stereocenters. The first kappa shape index (κ1) is 12.4. The quantitative estimate of drug-likeness (QED) is 0.802. The van der Waals surface area contributed by atoms with Crippen molar-refractivity contribution in [2.24, 2.45) is 11.8 Å². The maximum Gasteiger partial charge on any atom is 0.225 e. The van der Waals surface area contributed by atoms with Crippen LogP contribution in [0.5, 0.6) is 0 Å². The van der Waals surface area contributed by atoms with Gasteiger partial charge in [0.1, 0.15) is 0 Å². The normalized spacial score (nSPS) is 33.2. The summed E-state index contributed by atoms with van der Waals surface area (Å²) in [5, 5.41) is 3.10. The van der Waals surface area contributed by atoms with Gasteiger partial charge in [0.05, 0.1) is 5.92 Å². The predicted octanol–water partition coefficient (Wildman–Crippen LogP) is 1.16. The van der Waals surface area contributed by atoms with E-state index in [0.29, 0.717) is 25.6 Å². The minimum absolute atomic E-state index is 0.0772. The van der Waals surface area contributed by atoms with Crippen molar-refractivity contribution in [1.82, 2.24) is 10.2 Å². The molecule has 0 spiro atoms. The van der Waals surface area contributed by atoms with E-state index in [4.69, 9.17) is 0 Å². The molecule has 1 saturated carbocycles. The summed E-state index contributed by atoms with van der Waals surface area (Å²) in [6.07, 6.45) is 3.77. The van der Waals surface area contributed by atoms with Crippen molar-refractivity contribution in [3.8, 4) is 0 Å². The van der Waals surface area contributed by atoms with Gasteiger partial charge in [-0.15, -0.1) is 0 Å². The molecule has 2 aliphatic rings. The van der Waals surface area contributed by atoms with Gasteiger partial charge in [0.15, 0.2) is 0 Å². The van der Waals surface area contributed by atoms with Gasteiger partial charge < -0.3 is 10.2 Å². The molecule has 0 bridgehead atoms. The Labute approximate surface area is 103 Å². The van der Waals surface area contributed by atoms with E-state index >= 15 is 0 Å². The molecule has 2 fully saturated rings. The van der Waals surface area contributed by atoms with Gasteiger partial charge in [-0.1, -0.05) is 6.92 Å². The standard InChI is InChI=1S/C13H22N2O2/c1-3-15-8-10(7-12(15)16)13(17)14-11-5-4-9(2)6-11/h9-11H,3-8H2,1-2H3,(H,14,17). The van der Waals surface area contributed by atoms with Crippen molar-refractivity contribution in [2.45, 2.75) is 45.6 Å². The molecule has 0 aromatic rings. The largest absolute Gasteiger partial charge is 0.353 e. The predicted molar refractivity (Wildman–Crippen MR) is 65.3 cm³/mol. The second-order valence-electron chi connectivity index (χ2n) is 5.46. The molecule has 4 nitrogen and oxygen atoms in total. The maximum atomic E-state index is 12.0. The van der Waals surface area contributed by atoms with E-state index < -0.39 is 0 Å². The van der Waals surface area contributed by atoms with E-state index in [-0.39, 0.29) is 17.7 Å². The highest BCUT2D eigenvalue weighted by Crippen LogP contribution is 2.25. The first-order valence-electron chi connectivity index (χ1n) is 6.68. The second-order valence-corrected chi connectivity index (χ2v) is 5.46. The third-order valence-electron chi connectivity index (χ3n) is 4.01. The lowest BCUT2D eigenvalue weighted by molar-refractivity contribution is -0.129. The number of amides is 2. The van der Waals surface area contributed by atoms with Crippen molar-refractivity contribution in [1.29, 1.82) is 0 Å². The van der Waals surface area contributed by atoms with Crippen molar-refractivity contribution < 1.29 is 9.59 Å². The number of nitrogens with one attached hydrogen (secondary N) is 1. The van der Waals surface area contributed by atoms with Gasteiger partial charge in [0.25, 0.3) is 0 Å². The summed E-state index contributed by atoms with van der Waals surface area (Å²) in [6.45, 7) is 5.49. The van der Waals surface area contributed by atoms with Crippen LogP contribution in [0.4, 0.5) is 0 Å². The smallest absolute Gasteiger partial charge is 0.225 e. The van der Waals surface area contributed by atoms with Gasteiger partial charge in [-0.05, 0) is 32.1 Å². The molecule has 0 aromatic heterocycles. The SMILES string of the molecule is CCN1CC(C(=O)NC2CCC(C)C2)CC1=O. The fraction of sp³-hybridized carbons (Fsp3) is 0.846. The second kappa shape index (κ2) is 5.07. The van der Waals surface area contributed by atoms with Crippen LogP contribution in [-0.2, 0) is 9.59 Å². The lowest BCUT2D eigenvalue weighted by Gasteiger charge is -2.16. The molecule has 1 aliphatic heterocycles. The number of hydrogen-bond acceptors (Lipinski definition) is 2. The van der Waals surface area contributed by atoms with E-state index in [1.54, 1.807) is 4.90 Å². The minimum atomic E-state index is -0.127. The molecule has 4 heteroatoms. The van der Waals surface area contributed by atoms with Gasteiger partial charge >= 0.3 is 0 Å². The third kappa shape index (κ3) is 2.79. The Bertz CT molecular complexity index is 317. The monoisotopic (exact) mass is 238 g/mol. The molecule has 0 radical (unpaired) electrons. The Morgan fingerprint density at radius 2 is 2.24 bits per heavy atom. The first-order valence-corrected chi connectivity index (χ1v) is 6.68. The fourth-order valence-corrected chi connectivity index (χ4v) is 2.91. The van der Waals surface area contributed by atoms with Crippen molar-refractivity contribution in [3.63, 3.8) is 0 Å². The molecular formula is C13H22N2O2. The number of likely N-dealkylation sites (tertiary alicyclic amines) is 1. The summed E-state index contributed by atoms with van der Waals surface area (Å²) < 4.78 is 0. The zero-order valence-corrected chi connectivity index (χ0v) is 10.7. The lowest BCUT2D eigenvalue weighted by Crippen LogP contribution is -2.38. The zero-order chi connectivity index (χ0) is 12.4. The lowest BCUT2D eigenvalue weighted by atomic mass is 10.1. The van der Waals surface area contributed by atoms with E-state index in [1.165, 1.54) is 6.42 Å². The van der Waals surface area contributed by atoms with E-state index in [2.05, 4.69) is 12.2 Å². The minimum Gasteiger partial charge on any atom is -0.353 e. The summed E-state index contributed by atoms with van der Waals surface area (Å²) in [5.74, 6) is 0.789. The van der Waals surface area contributed by atoms with Crippen LogP contribution in [0.1, 0.15) is 39.5 Å².